The summed E-state index contributed by atoms with van der Waals surface area (Å²) in [4.78, 5) is 23.9. The third-order valence-corrected chi connectivity index (χ3v) is 3.41. The summed E-state index contributed by atoms with van der Waals surface area (Å²) in [6.07, 6.45) is 0. The Morgan fingerprint density at radius 1 is 0.909 bits per heavy atom. The van der Waals surface area contributed by atoms with E-state index in [9.17, 15) is 9.59 Å². The minimum atomic E-state index is -0.717. The Morgan fingerprint density at radius 2 is 1.55 bits per heavy atom. The molecule has 0 saturated heterocycles. The fourth-order valence-electron chi connectivity index (χ4n) is 1.93. The van der Waals surface area contributed by atoms with Crippen molar-refractivity contribution in [2.24, 2.45) is 0 Å². The number of aryl methyl sites for hydroxylation is 1. The molecule has 0 radical (unpaired) electrons. The van der Waals surface area contributed by atoms with Crippen LogP contribution in [0.4, 0.5) is 11.4 Å². The van der Waals surface area contributed by atoms with E-state index in [0.29, 0.717) is 17.1 Å². The van der Waals surface area contributed by atoms with E-state index in [0.717, 1.165) is 11.1 Å². The maximum atomic E-state index is 12.0. The zero-order chi connectivity index (χ0) is 16.1. The van der Waals surface area contributed by atoms with Crippen molar-refractivity contribution in [1.82, 2.24) is 0 Å². The van der Waals surface area contributed by atoms with Crippen LogP contribution in [0, 0.1) is 13.8 Å². The fourth-order valence-corrected chi connectivity index (χ4v) is 1.93. The van der Waals surface area contributed by atoms with Gasteiger partial charge >= 0.3 is 11.8 Å². The molecule has 0 bridgehead atoms. The van der Waals surface area contributed by atoms with Gasteiger partial charge in [0.2, 0.25) is 0 Å². The lowest BCUT2D eigenvalue weighted by Crippen LogP contribution is -2.29. The summed E-state index contributed by atoms with van der Waals surface area (Å²) >= 11 is 0. The Bertz CT molecular complexity index is 694. The van der Waals surface area contributed by atoms with Gasteiger partial charge in [-0.3, -0.25) is 9.59 Å². The summed E-state index contributed by atoms with van der Waals surface area (Å²) in [7, 11) is 1.56. The zero-order valence-corrected chi connectivity index (χ0v) is 12.8. The molecule has 0 aliphatic rings. The average molecular weight is 298 g/mol. The SMILES string of the molecule is COc1ccc(NC(=O)C(=O)Nc2cccc(C)c2C)cc1. The molecular formula is C17H18N2O3. The fraction of sp³-hybridized carbons (Fsp3) is 0.176. The first kappa shape index (κ1) is 15.6. The number of ether oxygens (including phenoxy) is 1. The second-order valence-corrected chi connectivity index (χ2v) is 4.88. The Labute approximate surface area is 129 Å². The molecule has 2 rings (SSSR count). The van der Waals surface area contributed by atoms with Crippen LogP contribution in [0.2, 0.25) is 0 Å². The Hall–Kier alpha value is -2.82. The number of nitrogens with one attached hydrogen (secondary N) is 2. The summed E-state index contributed by atoms with van der Waals surface area (Å²) in [6.45, 7) is 3.84. The zero-order valence-electron chi connectivity index (χ0n) is 12.8. The lowest BCUT2D eigenvalue weighted by Gasteiger charge is -2.10. The number of benzene rings is 2. The first-order valence-electron chi connectivity index (χ1n) is 6.84. The lowest BCUT2D eigenvalue weighted by atomic mass is 10.1. The molecule has 114 valence electrons. The molecule has 2 amide bonds. The molecule has 2 aromatic rings. The maximum absolute atomic E-state index is 12.0. The van der Waals surface area contributed by atoms with Gasteiger partial charge in [-0.25, -0.2) is 0 Å². The monoisotopic (exact) mass is 298 g/mol. The quantitative estimate of drug-likeness (QED) is 0.856. The van der Waals surface area contributed by atoms with E-state index in [1.807, 2.05) is 26.0 Å². The molecule has 5 heteroatoms. The number of carbonyl (C=O) groups is 2. The minimum Gasteiger partial charge on any atom is -0.497 e. The average Bonchev–Trinajstić information content (AvgIpc) is 2.52. The molecule has 0 atom stereocenters. The highest BCUT2D eigenvalue weighted by molar-refractivity contribution is 6.43. The molecule has 2 N–H and O–H groups in total. The van der Waals surface area contributed by atoms with Gasteiger partial charge in [0.25, 0.3) is 0 Å². The second kappa shape index (κ2) is 6.76. The standard InChI is InChI=1S/C17H18N2O3/c1-11-5-4-6-15(12(11)2)19-17(21)16(20)18-13-7-9-14(22-3)10-8-13/h4-10H,1-3H3,(H,18,20)(H,19,21). The third-order valence-electron chi connectivity index (χ3n) is 3.41. The molecule has 0 saturated carbocycles. The van der Waals surface area contributed by atoms with E-state index in [1.165, 1.54) is 0 Å². The molecule has 0 aliphatic carbocycles. The summed E-state index contributed by atoms with van der Waals surface area (Å²) in [5.41, 5.74) is 3.15. The predicted molar refractivity (Wildman–Crippen MR) is 86.2 cm³/mol. The van der Waals surface area contributed by atoms with Gasteiger partial charge in [-0.2, -0.15) is 0 Å². The number of hydrogen-bond acceptors (Lipinski definition) is 3. The van der Waals surface area contributed by atoms with Crippen molar-refractivity contribution in [2.45, 2.75) is 13.8 Å². The van der Waals surface area contributed by atoms with Crippen LogP contribution in [-0.4, -0.2) is 18.9 Å². The third kappa shape index (κ3) is 3.63. The molecule has 0 heterocycles. The second-order valence-electron chi connectivity index (χ2n) is 4.88. The van der Waals surface area contributed by atoms with Crippen LogP contribution in [0.25, 0.3) is 0 Å². The first-order chi connectivity index (χ1) is 10.5. The van der Waals surface area contributed by atoms with Crippen LogP contribution < -0.4 is 15.4 Å². The molecule has 0 unspecified atom stereocenters. The molecular weight excluding hydrogens is 280 g/mol. The Kier molecular flexibility index (Phi) is 4.78. The number of methoxy groups -OCH3 is 1. The summed E-state index contributed by atoms with van der Waals surface area (Å²) < 4.78 is 5.03. The van der Waals surface area contributed by atoms with E-state index in [4.69, 9.17) is 4.74 Å². The summed E-state index contributed by atoms with van der Waals surface area (Å²) in [5, 5.41) is 5.16. The van der Waals surface area contributed by atoms with Crippen molar-refractivity contribution in [3.05, 3.63) is 53.6 Å². The van der Waals surface area contributed by atoms with Crippen molar-refractivity contribution in [2.75, 3.05) is 17.7 Å². The molecule has 22 heavy (non-hydrogen) atoms. The molecule has 5 nitrogen and oxygen atoms in total. The van der Waals surface area contributed by atoms with E-state index < -0.39 is 11.8 Å². The Balaban J connectivity index is 2.02. The maximum Gasteiger partial charge on any atom is 0.314 e. The van der Waals surface area contributed by atoms with E-state index in [2.05, 4.69) is 10.6 Å². The molecule has 0 aliphatic heterocycles. The van der Waals surface area contributed by atoms with Crippen molar-refractivity contribution in [1.29, 1.82) is 0 Å². The van der Waals surface area contributed by atoms with Crippen LogP contribution in [-0.2, 0) is 9.59 Å². The van der Waals surface area contributed by atoms with Gasteiger partial charge in [0, 0.05) is 11.4 Å². The van der Waals surface area contributed by atoms with Crippen molar-refractivity contribution < 1.29 is 14.3 Å². The molecule has 0 fully saturated rings. The highest BCUT2D eigenvalue weighted by Gasteiger charge is 2.15. The van der Waals surface area contributed by atoms with E-state index in [1.54, 1.807) is 37.4 Å². The summed E-state index contributed by atoms with van der Waals surface area (Å²) in [6, 6.07) is 12.3. The smallest absolute Gasteiger partial charge is 0.314 e. The highest BCUT2D eigenvalue weighted by atomic mass is 16.5. The van der Waals surface area contributed by atoms with Crippen molar-refractivity contribution >= 4 is 23.2 Å². The highest BCUT2D eigenvalue weighted by Crippen LogP contribution is 2.18. The van der Waals surface area contributed by atoms with Gasteiger partial charge in [-0.15, -0.1) is 0 Å². The Morgan fingerprint density at radius 3 is 2.18 bits per heavy atom. The van der Waals surface area contributed by atoms with Gasteiger partial charge in [-0.05, 0) is 55.3 Å². The first-order valence-corrected chi connectivity index (χ1v) is 6.84. The van der Waals surface area contributed by atoms with Gasteiger partial charge < -0.3 is 15.4 Å². The van der Waals surface area contributed by atoms with Gasteiger partial charge in [0.15, 0.2) is 0 Å². The number of hydrogen-bond donors (Lipinski definition) is 2. The largest absolute Gasteiger partial charge is 0.497 e. The van der Waals surface area contributed by atoms with Crippen LogP contribution >= 0.6 is 0 Å². The van der Waals surface area contributed by atoms with Crippen molar-refractivity contribution in [3.8, 4) is 5.75 Å². The number of carbonyl (C=O) groups excluding carboxylic acids is 2. The van der Waals surface area contributed by atoms with E-state index >= 15 is 0 Å². The molecule has 2 aromatic carbocycles. The lowest BCUT2D eigenvalue weighted by molar-refractivity contribution is -0.133. The van der Waals surface area contributed by atoms with Crippen molar-refractivity contribution in [3.63, 3.8) is 0 Å². The molecule has 0 aromatic heterocycles. The number of amides is 2. The van der Waals surface area contributed by atoms with E-state index in [-0.39, 0.29) is 0 Å². The van der Waals surface area contributed by atoms with Crippen LogP contribution in [0.3, 0.4) is 0 Å². The van der Waals surface area contributed by atoms with Gasteiger partial charge in [0.05, 0.1) is 7.11 Å². The van der Waals surface area contributed by atoms with Crippen LogP contribution in [0.15, 0.2) is 42.5 Å². The van der Waals surface area contributed by atoms with Crippen LogP contribution in [0.5, 0.6) is 5.75 Å². The topological polar surface area (TPSA) is 67.4 Å². The summed E-state index contributed by atoms with van der Waals surface area (Å²) in [5.74, 6) is -0.742. The van der Waals surface area contributed by atoms with Gasteiger partial charge in [-0.1, -0.05) is 12.1 Å². The van der Waals surface area contributed by atoms with Gasteiger partial charge in [0.1, 0.15) is 5.75 Å². The van der Waals surface area contributed by atoms with Crippen LogP contribution in [0.1, 0.15) is 11.1 Å². The minimum absolute atomic E-state index is 0.530. The normalized spacial score (nSPS) is 9.95. The number of anilines is 2. The predicted octanol–water partition coefficient (Wildman–Crippen LogP) is 2.89. The number of rotatable bonds is 3. The molecule has 0 spiro atoms.